The smallest absolute Gasteiger partial charge is 0.341 e. The van der Waals surface area contributed by atoms with E-state index in [9.17, 15) is 28.8 Å². The molecule has 0 radical (unpaired) electrons. The van der Waals surface area contributed by atoms with Gasteiger partial charge in [0.15, 0.2) is 24.9 Å². The average molecular weight is 873 g/mol. The largest absolute Gasteiger partial charge is 0.460 e. The highest BCUT2D eigenvalue weighted by Crippen LogP contribution is 2.34. The Balaban J connectivity index is 1.28. The molecule has 0 spiro atoms. The minimum Gasteiger partial charge on any atom is -0.460 e. The summed E-state index contributed by atoms with van der Waals surface area (Å²) in [4.78, 5) is 85.7. The molecule has 1 aromatic heterocycles. The highest BCUT2D eigenvalue weighted by molar-refractivity contribution is 6.39. The van der Waals surface area contributed by atoms with Crippen LogP contribution in [0.2, 0.25) is 10.0 Å². The summed E-state index contributed by atoms with van der Waals surface area (Å²) in [5, 5.41) is 19.3. The van der Waals surface area contributed by atoms with Crippen LogP contribution in [0.1, 0.15) is 65.7 Å². The second-order valence-corrected chi connectivity index (χ2v) is 15.9. The number of aryl methyl sites for hydroxylation is 1. The van der Waals surface area contributed by atoms with Crippen molar-refractivity contribution in [3.63, 3.8) is 0 Å². The van der Waals surface area contributed by atoms with Gasteiger partial charge in [0.05, 0.1) is 22.0 Å². The van der Waals surface area contributed by atoms with E-state index in [1.807, 2.05) is 18.2 Å². The monoisotopic (exact) mass is 871 g/mol. The summed E-state index contributed by atoms with van der Waals surface area (Å²) in [7, 11) is 1.48. The lowest BCUT2D eigenvalue weighted by Crippen LogP contribution is -2.57. The Labute approximate surface area is 360 Å². The van der Waals surface area contributed by atoms with E-state index in [0.29, 0.717) is 22.2 Å². The molecule has 0 unspecified atom stereocenters. The van der Waals surface area contributed by atoms with Crippen LogP contribution in [0.4, 0.5) is 5.69 Å². The van der Waals surface area contributed by atoms with Crippen molar-refractivity contribution >= 4 is 75.1 Å². The van der Waals surface area contributed by atoms with Gasteiger partial charge in [-0.25, -0.2) is 4.79 Å². The van der Waals surface area contributed by atoms with Crippen LogP contribution >= 0.6 is 23.2 Å². The van der Waals surface area contributed by atoms with Gasteiger partial charge in [-0.1, -0.05) is 83.9 Å². The number of amides is 3. The number of carbonyl (C=O) groups is 6. The zero-order chi connectivity index (χ0) is 43.8. The number of methoxy groups -OCH3 is 1. The van der Waals surface area contributed by atoms with Crippen LogP contribution < -0.4 is 15.5 Å². The minimum absolute atomic E-state index is 0.00158. The van der Waals surface area contributed by atoms with Crippen molar-refractivity contribution in [2.75, 3.05) is 18.6 Å². The zero-order valence-electron chi connectivity index (χ0n) is 33.7. The Kier molecular flexibility index (Phi) is 14.1. The molecule has 5 aromatic rings. The predicted molar refractivity (Wildman–Crippen MR) is 224 cm³/mol. The molecule has 2 N–H and O–H groups in total. The van der Waals surface area contributed by atoms with Gasteiger partial charge in [-0.3, -0.25) is 28.9 Å². The number of esters is 2. The van der Waals surface area contributed by atoms with Gasteiger partial charge in [0, 0.05) is 31.2 Å². The van der Waals surface area contributed by atoms with Gasteiger partial charge in [0.25, 0.3) is 5.91 Å². The maximum absolute atomic E-state index is 14.9. The highest BCUT2D eigenvalue weighted by atomic mass is 35.5. The summed E-state index contributed by atoms with van der Waals surface area (Å²) in [5.74, 6) is -4.34. The molecule has 0 fully saturated rings. The molecule has 0 aliphatic carbocycles. The molecule has 6 rings (SSSR count). The van der Waals surface area contributed by atoms with E-state index in [4.69, 9.17) is 37.4 Å². The lowest BCUT2D eigenvalue weighted by atomic mass is 10.0. The van der Waals surface area contributed by atoms with Crippen LogP contribution in [0, 0.1) is 0 Å². The van der Waals surface area contributed by atoms with Crippen LogP contribution in [0.15, 0.2) is 84.9 Å². The van der Waals surface area contributed by atoms with Crippen molar-refractivity contribution < 1.29 is 43.0 Å². The first-order valence-corrected chi connectivity index (χ1v) is 20.0. The summed E-state index contributed by atoms with van der Waals surface area (Å²) in [6.07, 6.45) is -0.493. The molecule has 2 heterocycles. The number of ketones is 1. The molecular formula is C43H43Cl2N7O9. The maximum atomic E-state index is 14.9. The summed E-state index contributed by atoms with van der Waals surface area (Å²) < 4.78 is 15.8. The molecule has 16 nitrogen and oxygen atoms in total. The van der Waals surface area contributed by atoms with Crippen molar-refractivity contribution in [1.29, 1.82) is 0 Å². The molecule has 3 amide bonds. The summed E-state index contributed by atoms with van der Waals surface area (Å²) in [6, 6.07) is 19.8. The predicted octanol–water partition coefficient (Wildman–Crippen LogP) is 5.07. The first-order valence-electron chi connectivity index (χ1n) is 19.2. The van der Waals surface area contributed by atoms with Crippen LogP contribution in [-0.4, -0.2) is 93.1 Å². The molecule has 1 aliphatic heterocycles. The standard InChI is InChI=1S/C43H43Cl2N7O9/c1-43(2,3)61-37(54)22-32(35(53)23-60-42(58)38-29(44)16-10-17-30(38)45)47-40(56)34-21-26-12-6-8-18-33(26)52(34)41(57)31(19-20-36-48-50-51(49-36)24-59-4)46-39(55)28-15-9-13-25-11-5-7-14-27(25)28/h5-18,31-32,34H,19-24H2,1-4H3,(H,46,55)(H,47,56)/t31-,32-,34-/m0/s1. The molecule has 318 valence electrons. The van der Waals surface area contributed by atoms with Crippen molar-refractivity contribution in [2.24, 2.45) is 0 Å². The fourth-order valence-electron chi connectivity index (χ4n) is 6.84. The van der Waals surface area contributed by atoms with Gasteiger partial charge < -0.3 is 24.8 Å². The number of tetrazole rings is 1. The van der Waals surface area contributed by atoms with Gasteiger partial charge in [-0.05, 0) is 73.0 Å². The molecule has 0 bridgehead atoms. The first-order chi connectivity index (χ1) is 29.1. The third-order valence-electron chi connectivity index (χ3n) is 9.56. The second kappa shape index (κ2) is 19.4. The molecule has 18 heteroatoms. The quantitative estimate of drug-likeness (QED) is 0.125. The van der Waals surface area contributed by atoms with E-state index in [-0.39, 0.29) is 47.4 Å². The summed E-state index contributed by atoms with van der Waals surface area (Å²) in [5.41, 5.74) is 0.276. The minimum atomic E-state index is -1.56. The molecule has 61 heavy (non-hydrogen) atoms. The van der Waals surface area contributed by atoms with Crippen LogP contribution in [0.3, 0.4) is 0 Å². The molecule has 0 saturated heterocycles. The molecular weight excluding hydrogens is 829 g/mol. The van der Waals surface area contributed by atoms with E-state index in [1.165, 1.54) is 35.0 Å². The van der Waals surface area contributed by atoms with Crippen LogP contribution in [0.25, 0.3) is 10.8 Å². The van der Waals surface area contributed by atoms with E-state index < -0.39 is 72.2 Å². The lowest BCUT2D eigenvalue weighted by Gasteiger charge is -2.30. The zero-order valence-corrected chi connectivity index (χ0v) is 35.2. The highest BCUT2D eigenvalue weighted by Gasteiger charge is 2.42. The topological polar surface area (TPSA) is 201 Å². The summed E-state index contributed by atoms with van der Waals surface area (Å²) >= 11 is 12.3. The normalized spacial score (nSPS) is 14.5. The number of nitrogens with zero attached hydrogens (tertiary/aromatic N) is 5. The van der Waals surface area contributed by atoms with Crippen LogP contribution in [-0.2, 0) is 53.0 Å². The van der Waals surface area contributed by atoms with Crippen molar-refractivity contribution in [1.82, 2.24) is 30.8 Å². The van der Waals surface area contributed by atoms with Gasteiger partial charge in [0.2, 0.25) is 11.8 Å². The average Bonchev–Trinajstić information content (AvgIpc) is 3.84. The molecule has 1 aliphatic rings. The number of carbonyl (C=O) groups excluding carboxylic acids is 6. The third-order valence-corrected chi connectivity index (χ3v) is 10.2. The van der Waals surface area contributed by atoms with E-state index >= 15 is 0 Å². The number of anilines is 1. The molecule has 3 atom stereocenters. The summed E-state index contributed by atoms with van der Waals surface area (Å²) in [6.45, 7) is 4.10. The number of ether oxygens (including phenoxy) is 3. The Hall–Kier alpha value is -6.23. The van der Waals surface area contributed by atoms with Crippen molar-refractivity contribution in [3.05, 3.63) is 117 Å². The number of aromatic nitrogens is 4. The van der Waals surface area contributed by atoms with Crippen LogP contribution in [0.5, 0.6) is 0 Å². The number of Topliss-reactive ketones (excluding diaryl/α,β-unsaturated/α-hetero) is 1. The lowest BCUT2D eigenvalue weighted by molar-refractivity contribution is -0.156. The van der Waals surface area contributed by atoms with Crippen molar-refractivity contribution in [2.45, 2.75) is 76.9 Å². The molecule has 0 saturated carbocycles. The van der Waals surface area contributed by atoms with E-state index in [1.54, 1.807) is 69.3 Å². The van der Waals surface area contributed by atoms with Gasteiger partial charge in [-0.15, -0.1) is 15.0 Å². The number of fused-ring (bicyclic) bond motifs is 2. The Morgan fingerprint density at radius 2 is 1.56 bits per heavy atom. The number of hydrogen-bond acceptors (Lipinski definition) is 12. The maximum Gasteiger partial charge on any atom is 0.341 e. The fraction of sp³-hybridized carbons (Fsp3) is 0.326. The molecule has 4 aromatic carbocycles. The fourth-order valence-corrected chi connectivity index (χ4v) is 7.39. The SMILES string of the molecule is COCn1nnc(CC[C@H](NC(=O)c2cccc3ccccc23)C(=O)N2c3ccccc3C[C@H]2C(=O)N[C@@H](CC(=O)OC(C)(C)C)C(=O)COC(=O)c2c(Cl)cccc2Cl)n1. The second-order valence-electron chi connectivity index (χ2n) is 15.1. The van der Waals surface area contributed by atoms with E-state index in [2.05, 4.69) is 26.0 Å². The number of nitrogens with one attached hydrogen (secondary N) is 2. The Bertz CT molecular complexity index is 2440. The first kappa shape index (κ1) is 44.3. The van der Waals surface area contributed by atoms with Gasteiger partial charge in [-0.2, -0.15) is 0 Å². The number of para-hydroxylation sites is 1. The Morgan fingerprint density at radius 3 is 2.30 bits per heavy atom. The van der Waals surface area contributed by atoms with Gasteiger partial charge >= 0.3 is 11.9 Å². The Morgan fingerprint density at radius 1 is 0.869 bits per heavy atom. The number of benzene rings is 4. The number of halogens is 2. The van der Waals surface area contributed by atoms with E-state index in [0.717, 1.165) is 5.39 Å². The van der Waals surface area contributed by atoms with Crippen molar-refractivity contribution in [3.8, 4) is 0 Å². The third kappa shape index (κ3) is 10.9. The number of hydrogen-bond donors (Lipinski definition) is 2. The number of rotatable bonds is 16. The van der Waals surface area contributed by atoms with Gasteiger partial charge in [0.1, 0.15) is 23.7 Å².